The second kappa shape index (κ2) is 9.86. The van der Waals surface area contributed by atoms with E-state index >= 15 is 0 Å². The molecular weight excluding hydrogens is 404 g/mol. The van der Waals surface area contributed by atoms with Crippen LogP contribution in [0.4, 0.5) is 0 Å². The molecule has 1 atom stereocenters. The highest BCUT2D eigenvalue weighted by Gasteiger charge is 2.32. The van der Waals surface area contributed by atoms with Gasteiger partial charge in [0.1, 0.15) is 11.6 Å². The number of methoxy groups -OCH3 is 1. The second-order valence-corrected chi connectivity index (χ2v) is 8.97. The van der Waals surface area contributed by atoms with E-state index in [-0.39, 0.29) is 23.3 Å². The summed E-state index contributed by atoms with van der Waals surface area (Å²) >= 11 is 0. The van der Waals surface area contributed by atoms with Gasteiger partial charge in [-0.25, -0.2) is 4.98 Å². The zero-order chi connectivity index (χ0) is 22.7. The first-order valence-corrected chi connectivity index (χ1v) is 11.8. The van der Waals surface area contributed by atoms with Crippen molar-refractivity contribution in [1.82, 2.24) is 19.8 Å². The number of hydrogen-bond acceptors (Lipinski definition) is 5. The summed E-state index contributed by atoms with van der Waals surface area (Å²) in [5, 5.41) is 0. The van der Waals surface area contributed by atoms with Gasteiger partial charge in [0.2, 0.25) is 5.91 Å². The Hall–Kier alpha value is -2.67. The normalized spacial score (nSPS) is 18.8. The number of ether oxygens (including phenoxy) is 1. The molecule has 0 saturated carbocycles. The first-order valence-electron chi connectivity index (χ1n) is 11.8. The Morgan fingerprint density at radius 2 is 1.97 bits per heavy atom. The van der Waals surface area contributed by atoms with Crippen LogP contribution in [0.1, 0.15) is 61.7 Å². The molecule has 0 aliphatic carbocycles. The van der Waals surface area contributed by atoms with Crippen molar-refractivity contribution >= 4 is 5.91 Å². The van der Waals surface area contributed by atoms with E-state index in [1.54, 1.807) is 7.11 Å². The van der Waals surface area contributed by atoms with Gasteiger partial charge in [0.05, 0.1) is 18.4 Å². The molecule has 0 radical (unpaired) electrons. The van der Waals surface area contributed by atoms with Crippen molar-refractivity contribution in [3.05, 3.63) is 57.3 Å². The number of nitrogens with one attached hydrogen (secondary N) is 1. The Balaban J connectivity index is 1.43. The quantitative estimate of drug-likeness (QED) is 0.719. The standard InChI is InChI=1S/C25H34N4O3/c1-4-18(5-2)25(31)29-13-10-19(15-29)23-26-22-11-12-28(16-21(22)24(30)27-23)14-17-6-8-20(32-3)9-7-17/h6-9,18-19H,4-5,10-16H2,1-3H3,(H,26,27,30)/t19-/m0/s1. The summed E-state index contributed by atoms with van der Waals surface area (Å²) in [6, 6.07) is 8.06. The van der Waals surface area contributed by atoms with Crippen LogP contribution in [-0.4, -0.2) is 52.4 Å². The Morgan fingerprint density at radius 1 is 1.22 bits per heavy atom. The van der Waals surface area contributed by atoms with Crippen LogP contribution in [0.3, 0.4) is 0 Å². The first-order chi connectivity index (χ1) is 15.5. The van der Waals surface area contributed by atoms with Gasteiger partial charge in [-0.1, -0.05) is 26.0 Å². The number of H-pyrrole nitrogens is 1. The average molecular weight is 439 g/mol. The monoisotopic (exact) mass is 438 g/mol. The molecule has 1 amide bonds. The zero-order valence-corrected chi connectivity index (χ0v) is 19.4. The van der Waals surface area contributed by atoms with E-state index in [4.69, 9.17) is 9.72 Å². The van der Waals surface area contributed by atoms with E-state index in [2.05, 4.69) is 35.9 Å². The molecule has 2 aliphatic rings. The van der Waals surface area contributed by atoms with E-state index in [1.165, 1.54) is 5.56 Å². The van der Waals surface area contributed by atoms with Crippen LogP contribution in [0.2, 0.25) is 0 Å². The average Bonchev–Trinajstić information content (AvgIpc) is 3.31. The molecule has 3 heterocycles. The molecule has 1 N–H and O–H groups in total. The first kappa shape index (κ1) is 22.5. The van der Waals surface area contributed by atoms with Crippen LogP contribution in [0.5, 0.6) is 5.75 Å². The smallest absolute Gasteiger partial charge is 0.255 e. The highest BCUT2D eigenvalue weighted by molar-refractivity contribution is 5.79. The number of likely N-dealkylation sites (tertiary alicyclic amines) is 1. The summed E-state index contributed by atoms with van der Waals surface area (Å²) in [6.45, 7) is 7.81. The van der Waals surface area contributed by atoms with Gasteiger partial charge < -0.3 is 14.6 Å². The summed E-state index contributed by atoms with van der Waals surface area (Å²) in [7, 11) is 1.66. The summed E-state index contributed by atoms with van der Waals surface area (Å²) in [4.78, 5) is 37.8. The maximum atomic E-state index is 12.9. The van der Waals surface area contributed by atoms with Crippen LogP contribution in [0, 0.1) is 5.92 Å². The number of aromatic nitrogens is 2. The number of fused-ring (bicyclic) bond motifs is 1. The fourth-order valence-electron chi connectivity index (χ4n) is 4.90. The fraction of sp³-hybridized carbons (Fsp3) is 0.560. The minimum absolute atomic E-state index is 0.0331. The number of aromatic amines is 1. The van der Waals surface area contributed by atoms with Crippen LogP contribution in [0.25, 0.3) is 0 Å². The number of hydrogen-bond donors (Lipinski definition) is 1. The van der Waals surface area contributed by atoms with E-state index < -0.39 is 0 Å². The SMILES string of the molecule is CCC(CC)C(=O)N1CC[C@H](c2nc3c(c(=O)[nH]2)CN(Cc2ccc(OC)cc2)CC3)C1. The van der Waals surface area contributed by atoms with Crippen molar-refractivity contribution in [2.75, 3.05) is 26.7 Å². The Bertz CT molecular complexity index is 997. The van der Waals surface area contributed by atoms with Crippen molar-refractivity contribution in [3.8, 4) is 5.75 Å². The molecule has 7 heteroatoms. The number of carbonyl (C=O) groups excluding carboxylic acids is 1. The molecule has 7 nitrogen and oxygen atoms in total. The lowest BCUT2D eigenvalue weighted by molar-refractivity contribution is -0.134. The van der Waals surface area contributed by atoms with Crippen LogP contribution >= 0.6 is 0 Å². The van der Waals surface area contributed by atoms with Gasteiger partial charge in [-0.3, -0.25) is 14.5 Å². The van der Waals surface area contributed by atoms with Crippen LogP contribution in [0.15, 0.2) is 29.1 Å². The highest BCUT2D eigenvalue weighted by atomic mass is 16.5. The van der Waals surface area contributed by atoms with Crippen molar-refractivity contribution in [3.63, 3.8) is 0 Å². The lowest BCUT2D eigenvalue weighted by Gasteiger charge is -2.28. The molecule has 32 heavy (non-hydrogen) atoms. The lowest BCUT2D eigenvalue weighted by Crippen LogP contribution is -2.36. The Morgan fingerprint density at radius 3 is 2.66 bits per heavy atom. The largest absolute Gasteiger partial charge is 0.497 e. The maximum Gasteiger partial charge on any atom is 0.255 e. The highest BCUT2D eigenvalue weighted by Crippen LogP contribution is 2.28. The lowest BCUT2D eigenvalue weighted by atomic mass is 10.0. The third kappa shape index (κ3) is 4.72. The molecule has 172 valence electrons. The molecule has 0 unspecified atom stereocenters. The van der Waals surface area contributed by atoms with Gasteiger partial charge in [0.15, 0.2) is 0 Å². The van der Waals surface area contributed by atoms with Gasteiger partial charge in [0, 0.05) is 51.0 Å². The van der Waals surface area contributed by atoms with E-state index in [1.807, 2.05) is 17.0 Å². The van der Waals surface area contributed by atoms with E-state index in [0.29, 0.717) is 13.1 Å². The number of amides is 1. The molecule has 1 fully saturated rings. The summed E-state index contributed by atoms with van der Waals surface area (Å²) in [5.41, 5.74) is 2.86. The number of carbonyl (C=O) groups is 1. The topological polar surface area (TPSA) is 78.5 Å². The summed E-state index contributed by atoms with van der Waals surface area (Å²) in [5.74, 6) is 2.05. The van der Waals surface area contributed by atoms with Gasteiger partial charge in [-0.15, -0.1) is 0 Å². The molecule has 0 spiro atoms. The van der Waals surface area contributed by atoms with Gasteiger partial charge >= 0.3 is 0 Å². The van der Waals surface area contributed by atoms with E-state index in [9.17, 15) is 9.59 Å². The third-order valence-corrected chi connectivity index (χ3v) is 6.95. The van der Waals surface area contributed by atoms with Crippen molar-refractivity contribution in [2.24, 2.45) is 5.92 Å². The Kier molecular flexibility index (Phi) is 6.94. The van der Waals surface area contributed by atoms with Gasteiger partial charge in [-0.2, -0.15) is 0 Å². The predicted octanol–water partition coefficient (Wildman–Crippen LogP) is 3.09. The molecule has 2 aliphatic heterocycles. The minimum Gasteiger partial charge on any atom is -0.497 e. The molecule has 0 bridgehead atoms. The van der Waals surface area contributed by atoms with Crippen molar-refractivity contribution < 1.29 is 9.53 Å². The molecule has 1 aromatic heterocycles. The molecule has 2 aromatic rings. The summed E-state index contributed by atoms with van der Waals surface area (Å²) in [6.07, 6.45) is 3.37. The maximum absolute atomic E-state index is 12.9. The Labute approximate surface area is 189 Å². The minimum atomic E-state index is -0.0331. The summed E-state index contributed by atoms with van der Waals surface area (Å²) < 4.78 is 5.23. The van der Waals surface area contributed by atoms with Gasteiger partial charge in [-0.05, 0) is 37.0 Å². The number of benzene rings is 1. The molecular formula is C25H34N4O3. The van der Waals surface area contributed by atoms with E-state index in [0.717, 1.165) is 68.1 Å². The van der Waals surface area contributed by atoms with Crippen LogP contribution < -0.4 is 10.3 Å². The van der Waals surface area contributed by atoms with Gasteiger partial charge in [0.25, 0.3) is 5.56 Å². The zero-order valence-electron chi connectivity index (χ0n) is 19.4. The second-order valence-electron chi connectivity index (χ2n) is 8.97. The molecule has 1 saturated heterocycles. The van der Waals surface area contributed by atoms with Crippen molar-refractivity contribution in [1.29, 1.82) is 0 Å². The molecule has 1 aromatic carbocycles. The van der Waals surface area contributed by atoms with Crippen molar-refractivity contribution in [2.45, 2.75) is 58.5 Å². The predicted molar refractivity (Wildman–Crippen MR) is 124 cm³/mol. The number of rotatable bonds is 7. The van der Waals surface area contributed by atoms with Crippen LogP contribution in [-0.2, 0) is 24.3 Å². The third-order valence-electron chi connectivity index (χ3n) is 6.95. The fourth-order valence-corrected chi connectivity index (χ4v) is 4.90. The molecule has 4 rings (SSSR count). The number of nitrogens with zero attached hydrogens (tertiary/aromatic N) is 3.